The molecule has 1 aromatic carbocycles. The third-order valence-electron chi connectivity index (χ3n) is 5.19. The monoisotopic (exact) mass is 357 g/mol. The highest BCUT2D eigenvalue weighted by atomic mass is 16.7. The number of rotatable bonds is 3. The average Bonchev–Trinajstić information content (AvgIpc) is 3.32. The molecule has 2 aliphatic heterocycles. The Balaban J connectivity index is 1.42. The number of carbonyl (C=O) groups excluding carboxylic acids is 1. The van der Waals surface area contributed by atoms with Gasteiger partial charge in [0.1, 0.15) is 0 Å². The predicted octanol–water partition coefficient (Wildman–Crippen LogP) is 1.70. The Hall–Kier alpha value is -2.38. The van der Waals surface area contributed by atoms with Gasteiger partial charge in [-0.2, -0.15) is 0 Å². The molecule has 2 aliphatic rings. The average molecular weight is 357 g/mol. The van der Waals surface area contributed by atoms with Crippen molar-refractivity contribution in [2.24, 2.45) is 5.92 Å². The highest BCUT2D eigenvalue weighted by Gasteiger charge is 2.32. The molecule has 2 saturated heterocycles. The molecule has 1 N–H and O–H groups in total. The molecule has 4 rings (SSSR count). The number of benzene rings is 1. The molecule has 0 aliphatic carbocycles. The summed E-state index contributed by atoms with van der Waals surface area (Å²) in [6.07, 6.45) is 3.36. The predicted molar refractivity (Wildman–Crippen MR) is 95.4 cm³/mol. The Morgan fingerprint density at radius 3 is 2.35 bits per heavy atom. The summed E-state index contributed by atoms with van der Waals surface area (Å²) < 4.78 is 12.8. The summed E-state index contributed by atoms with van der Waals surface area (Å²) >= 11 is 0. The highest BCUT2D eigenvalue weighted by Crippen LogP contribution is 2.26. The molecule has 7 heteroatoms. The van der Waals surface area contributed by atoms with Gasteiger partial charge in [0, 0.05) is 36.5 Å². The Morgan fingerprint density at radius 1 is 1.12 bits per heavy atom. The van der Waals surface area contributed by atoms with Crippen molar-refractivity contribution in [1.82, 2.24) is 14.5 Å². The van der Waals surface area contributed by atoms with E-state index in [0.717, 1.165) is 24.2 Å². The summed E-state index contributed by atoms with van der Waals surface area (Å²) in [7, 11) is 0. The van der Waals surface area contributed by atoms with Gasteiger partial charge in [-0.05, 0) is 44.0 Å². The summed E-state index contributed by atoms with van der Waals surface area (Å²) in [5, 5.41) is 0. The molecule has 2 fully saturated rings. The maximum atomic E-state index is 12.7. The number of aryl methyl sites for hydroxylation is 1. The molecule has 3 heterocycles. The normalized spacial score (nSPS) is 19.2. The van der Waals surface area contributed by atoms with Gasteiger partial charge in [-0.15, -0.1) is 0 Å². The van der Waals surface area contributed by atoms with Crippen LogP contribution in [0.4, 0.5) is 0 Å². The van der Waals surface area contributed by atoms with Crippen molar-refractivity contribution in [3.63, 3.8) is 0 Å². The molecule has 0 unspecified atom stereocenters. The van der Waals surface area contributed by atoms with Crippen molar-refractivity contribution in [2.75, 3.05) is 26.3 Å². The molecule has 0 bridgehead atoms. The van der Waals surface area contributed by atoms with Crippen molar-refractivity contribution >= 4 is 5.91 Å². The van der Waals surface area contributed by atoms with Gasteiger partial charge in [0.25, 0.3) is 5.91 Å². The summed E-state index contributed by atoms with van der Waals surface area (Å²) in [4.78, 5) is 29.2. The van der Waals surface area contributed by atoms with E-state index in [1.54, 1.807) is 22.9 Å². The number of nitrogens with zero attached hydrogens (tertiary/aromatic N) is 2. The van der Waals surface area contributed by atoms with Gasteiger partial charge < -0.3 is 19.4 Å². The van der Waals surface area contributed by atoms with Crippen LogP contribution in [-0.2, 0) is 9.47 Å². The smallest absolute Gasteiger partial charge is 0.330 e. The number of aromatic amines is 1. The van der Waals surface area contributed by atoms with E-state index in [4.69, 9.17) is 9.47 Å². The molecule has 26 heavy (non-hydrogen) atoms. The van der Waals surface area contributed by atoms with Crippen LogP contribution in [0.5, 0.6) is 0 Å². The quantitative estimate of drug-likeness (QED) is 0.907. The summed E-state index contributed by atoms with van der Waals surface area (Å²) in [5.74, 6) is 0.397. The number of nitrogens with one attached hydrogen (secondary N) is 1. The number of hydrogen-bond acceptors (Lipinski definition) is 4. The fourth-order valence-corrected chi connectivity index (χ4v) is 3.74. The minimum Gasteiger partial charge on any atom is -0.350 e. The number of amides is 1. The van der Waals surface area contributed by atoms with Gasteiger partial charge in [-0.1, -0.05) is 0 Å². The SMILES string of the molecule is Cc1c[nH]c(=O)n1-c1ccc(C(=O)N2CCC(C3OCCO3)CC2)cc1. The Labute approximate surface area is 151 Å². The van der Waals surface area contributed by atoms with Crippen molar-refractivity contribution < 1.29 is 14.3 Å². The van der Waals surface area contributed by atoms with E-state index in [1.807, 2.05) is 24.0 Å². The first kappa shape index (κ1) is 17.1. The zero-order chi connectivity index (χ0) is 18.1. The van der Waals surface area contributed by atoms with Crippen LogP contribution in [0.2, 0.25) is 0 Å². The molecule has 0 spiro atoms. The van der Waals surface area contributed by atoms with E-state index in [2.05, 4.69) is 4.98 Å². The van der Waals surface area contributed by atoms with Crippen LogP contribution in [0.1, 0.15) is 28.9 Å². The minimum atomic E-state index is -0.181. The topological polar surface area (TPSA) is 76.6 Å². The lowest BCUT2D eigenvalue weighted by Gasteiger charge is -2.33. The number of aromatic nitrogens is 2. The van der Waals surface area contributed by atoms with Crippen molar-refractivity contribution in [2.45, 2.75) is 26.1 Å². The Kier molecular flexibility index (Phi) is 4.65. The lowest BCUT2D eigenvalue weighted by molar-refractivity contribution is -0.0956. The van der Waals surface area contributed by atoms with E-state index in [0.29, 0.717) is 37.8 Å². The van der Waals surface area contributed by atoms with Gasteiger partial charge >= 0.3 is 5.69 Å². The molecule has 1 aromatic heterocycles. The van der Waals surface area contributed by atoms with E-state index in [-0.39, 0.29) is 17.9 Å². The molecule has 138 valence electrons. The molecule has 0 radical (unpaired) electrons. The molecule has 1 amide bonds. The zero-order valence-electron chi connectivity index (χ0n) is 14.8. The molecule has 7 nitrogen and oxygen atoms in total. The first-order valence-corrected chi connectivity index (χ1v) is 9.03. The Morgan fingerprint density at radius 2 is 1.77 bits per heavy atom. The van der Waals surface area contributed by atoms with Gasteiger partial charge in [-0.3, -0.25) is 9.36 Å². The van der Waals surface area contributed by atoms with E-state index in [1.165, 1.54) is 0 Å². The minimum absolute atomic E-state index is 0.0291. The van der Waals surface area contributed by atoms with Crippen LogP contribution in [-0.4, -0.2) is 53.0 Å². The summed E-state index contributed by atoms with van der Waals surface area (Å²) in [5.41, 5.74) is 2.04. The number of piperidine rings is 1. The third-order valence-corrected chi connectivity index (χ3v) is 5.19. The van der Waals surface area contributed by atoms with Crippen molar-refractivity contribution in [3.8, 4) is 5.69 Å². The molecule has 0 atom stereocenters. The molecular formula is C19H23N3O4. The third kappa shape index (κ3) is 3.20. The van der Waals surface area contributed by atoms with E-state index >= 15 is 0 Å². The van der Waals surface area contributed by atoms with E-state index in [9.17, 15) is 9.59 Å². The second-order valence-corrected chi connectivity index (χ2v) is 6.86. The van der Waals surface area contributed by atoms with Crippen LogP contribution in [0.25, 0.3) is 5.69 Å². The van der Waals surface area contributed by atoms with Gasteiger partial charge in [0.2, 0.25) is 0 Å². The second-order valence-electron chi connectivity index (χ2n) is 6.86. The number of hydrogen-bond donors (Lipinski definition) is 1. The van der Waals surface area contributed by atoms with Crippen molar-refractivity contribution in [3.05, 3.63) is 52.2 Å². The van der Waals surface area contributed by atoms with Crippen LogP contribution >= 0.6 is 0 Å². The molecular weight excluding hydrogens is 334 g/mol. The number of H-pyrrole nitrogens is 1. The van der Waals surface area contributed by atoms with Crippen LogP contribution in [0.3, 0.4) is 0 Å². The first-order valence-electron chi connectivity index (χ1n) is 9.03. The lowest BCUT2D eigenvalue weighted by atomic mass is 9.95. The van der Waals surface area contributed by atoms with Crippen LogP contribution < -0.4 is 5.69 Å². The number of imidazole rings is 1. The fourth-order valence-electron chi connectivity index (χ4n) is 3.74. The van der Waals surface area contributed by atoms with Crippen molar-refractivity contribution in [1.29, 1.82) is 0 Å². The standard InChI is InChI=1S/C19H23N3O4/c1-13-12-20-19(24)22(13)16-4-2-14(3-5-16)17(23)21-8-6-15(7-9-21)18-25-10-11-26-18/h2-5,12,15,18H,6-11H2,1H3,(H,20,24). The second kappa shape index (κ2) is 7.09. The summed E-state index contributed by atoms with van der Waals surface area (Å²) in [6, 6.07) is 7.18. The number of ether oxygens (including phenoxy) is 2. The van der Waals surface area contributed by atoms with Gasteiger partial charge in [0.15, 0.2) is 6.29 Å². The maximum absolute atomic E-state index is 12.7. The Bertz CT molecular complexity index is 825. The maximum Gasteiger partial charge on any atom is 0.330 e. The largest absolute Gasteiger partial charge is 0.350 e. The zero-order valence-corrected chi connectivity index (χ0v) is 14.8. The van der Waals surface area contributed by atoms with Crippen LogP contribution in [0.15, 0.2) is 35.3 Å². The van der Waals surface area contributed by atoms with Gasteiger partial charge in [0.05, 0.1) is 18.9 Å². The first-order chi connectivity index (χ1) is 12.6. The van der Waals surface area contributed by atoms with Gasteiger partial charge in [-0.25, -0.2) is 4.79 Å². The van der Waals surface area contributed by atoms with E-state index < -0.39 is 0 Å². The molecule has 2 aromatic rings. The molecule has 0 saturated carbocycles. The fraction of sp³-hybridized carbons (Fsp3) is 0.474. The highest BCUT2D eigenvalue weighted by molar-refractivity contribution is 5.94. The lowest BCUT2D eigenvalue weighted by Crippen LogP contribution is -2.41. The van der Waals surface area contributed by atoms with Crippen LogP contribution in [0, 0.1) is 12.8 Å². The number of carbonyl (C=O) groups is 1. The number of likely N-dealkylation sites (tertiary alicyclic amines) is 1. The summed E-state index contributed by atoms with van der Waals surface area (Å²) in [6.45, 7) is 4.62.